The number of rotatable bonds is 13. The van der Waals surface area contributed by atoms with E-state index in [1.54, 1.807) is 34.6 Å². The van der Waals surface area contributed by atoms with Gasteiger partial charge in [0.1, 0.15) is 61.0 Å². The van der Waals surface area contributed by atoms with Gasteiger partial charge in [0.2, 0.25) is 0 Å². The van der Waals surface area contributed by atoms with E-state index < -0.39 is 159 Å². The molecule has 23 atom stereocenters. The lowest BCUT2D eigenvalue weighted by Gasteiger charge is -2.50. The molecule has 7 N–H and O–H groups in total. The van der Waals surface area contributed by atoms with Gasteiger partial charge >= 0.3 is 17.9 Å². The fraction of sp³-hybridized carbons (Fsp3) is 0.940. The zero-order chi connectivity index (χ0) is 52.1. The van der Waals surface area contributed by atoms with E-state index in [9.17, 15) is 50.1 Å². The Labute approximate surface area is 418 Å². The number of unbranched alkanes of at least 4 members (excludes halogenated alkanes) is 2. The number of fused-ring (bicyclic) bond motifs is 4. The number of ether oxygens (including phenoxy) is 11. The first-order valence-electron chi connectivity index (χ1n) is 26.4. The van der Waals surface area contributed by atoms with Gasteiger partial charge in [-0.05, 0) is 52.9 Å². The van der Waals surface area contributed by atoms with Crippen LogP contribution in [0.1, 0.15) is 152 Å². The summed E-state index contributed by atoms with van der Waals surface area (Å²) in [7, 11) is 0. The van der Waals surface area contributed by atoms with Crippen molar-refractivity contribution in [1.82, 2.24) is 0 Å². The van der Waals surface area contributed by atoms with Crippen molar-refractivity contribution in [2.75, 3.05) is 6.61 Å². The van der Waals surface area contributed by atoms with Gasteiger partial charge in [-0.2, -0.15) is 0 Å². The smallest absolute Gasteiger partial charge is 0.309 e. The second kappa shape index (κ2) is 28.6. The van der Waals surface area contributed by atoms with Crippen LogP contribution in [0.4, 0.5) is 0 Å². The predicted octanol–water partition coefficient (Wildman–Crippen LogP) is 2.58. The minimum atomic E-state index is -1.92. The van der Waals surface area contributed by atoms with Gasteiger partial charge in [-0.25, -0.2) is 0 Å². The molecule has 0 amide bonds. The first-order valence-corrected chi connectivity index (χ1v) is 26.4. The molecular weight excluding hydrogens is 937 g/mol. The Hall–Kier alpha value is -2.19. The zero-order valence-corrected chi connectivity index (χ0v) is 42.9. The first-order chi connectivity index (χ1) is 33.8. The molecule has 5 heterocycles. The first kappa shape index (κ1) is 59.7. The largest absolute Gasteiger partial charge is 0.457 e. The predicted molar refractivity (Wildman–Crippen MR) is 249 cm³/mol. The molecule has 0 aromatic carbocycles. The molecule has 0 aromatic rings. The number of aliphatic hydroxyl groups excluding tert-OH is 7. The quantitative estimate of drug-likeness (QED) is 0.0793. The van der Waals surface area contributed by atoms with E-state index in [1.807, 2.05) is 0 Å². The van der Waals surface area contributed by atoms with E-state index in [4.69, 9.17) is 52.1 Å². The Bertz CT molecular complexity index is 1610. The molecule has 5 rings (SSSR count). The lowest BCUT2D eigenvalue weighted by atomic mass is 9.95. The van der Waals surface area contributed by atoms with Gasteiger partial charge in [0.15, 0.2) is 43.5 Å². The number of hydrogen-bond acceptors (Lipinski definition) is 21. The highest BCUT2D eigenvalue weighted by Crippen LogP contribution is 2.38. The van der Waals surface area contributed by atoms with Gasteiger partial charge in [-0.1, -0.05) is 92.4 Å². The highest BCUT2D eigenvalue weighted by atomic mass is 16.8. The third-order valence-corrected chi connectivity index (χ3v) is 14.7. The number of hydrogen-bond donors (Lipinski definition) is 7. The number of carbonyl (C=O) groups is 3. The summed E-state index contributed by atoms with van der Waals surface area (Å²) in [6, 6.07) is 0. The third-order valence-electron chi connectivity index (χ3n) is 14.7. The third kappa shape index (κ3) is 15.7. The summed E-state index contributed by atoms with van der Waals surface area (Å²) in [5.74, 6) is -3.25. The van der Waals surface area contributed by atoms with Crippen molar-refractivity contribution in [2.24, 2.45) is 11.8 Å². The van der Waals surface area contributed by atoms with Gasteiger partial charge in [-0.3, -0.25) is 14.4 Å². The minimum Gasteiger partial charge on any atom is -0.457 e. The molecule has 71 heavy (non-hydrogen) atoms. The second-order valence-corrected chi connectivity index (χ2v) is 20.2. The lowest BCUT2D eigenvalue weighted by Crippen LogP contribution is -2.68. The summed E-state index contributed by atoms with van der Waals surface area (Å²) in [4.78, 5) is 40.5. The summed E-state index contributed by atoms with van der Waals surface area (Å²) in [6.45, 7) is 12.8. The molecule has 0 radical (unpaired) electrons. The van der Waals surface area contributed by atoms with Crippen molar-refractivity contribution in [3.8, 4) is 0 Å². The Morgan fingerprint density at radius 1 is 0.577 bits per heavy atom. The maximum absolute atomic E-state index is 13.9. The van der Waals surface area contributed by atoms with Gasteiger partial charge in [0.05, 0.1) is 42.9 Å². The number of carbonyl (C=O) groups excluding carboxylic acids is 3. The summed E-state index contributed by atoms with van der Waals surface area (Å²) in [5, 5.41) is 78.9. The monoisotopic (exact) mass is 1020 g/mol. The van der Waals surface area contributed by atoms with Crippen LogP contribution in [0.5, 0.6) is 0 Å². The molecule has 21 nitrogen and oxygen atoms in total. The molecule has 5 saturated heterocycles. The SMILES string of the molecule is CCCCC[C@H]1CCCCCCCCCC(=O)O[C@@H]2[C@@H](O[C@@H]3O[C@H](C)[C@@H](OC(=O)[C@H](C)CC)[C@H](O)[C@H]3O)[C@H](C)O[C@@H](O[C@H]3[C@H](O[C@H]4[C@H](O1)O[C@H](C)[C@@H](O)[C@@H]4O)O[C@H](CO)[C@@H](O)[C@@H]3O)[C@@H]2OC(=O)[C@H](C)CC. The molecule has 5 aliphatic rings. The van der Waals surface area contributed by atoms with E-state index in [0.29, 0.717) is 38.5 Å². The standard InChI is InChI=1S/C50H86O21/c1-9-12-18-21-30-22-19-16-14-13-15-17-20-23-32(52)66-43-40(69-47-38(58)37(57)39(28(7)62-47)67-45(59)25(4)10-2)29(8)63-50(44(43)68-46(60)26(5)11-3)71-42-36(56)34(54)31(24-51)65-49(42)70-41-35(55)33(53)27(6)61-48(41)64-30/h25-31,33-44,47-51,53-58H,9-24H2,1-8H3/t25-,26-,27-,28-,29+,30+,31-,33-,34-,35+,36+,37-,38-,39-,40+,41-,42-,43-,44-,47+,48+,49+,50+/m1/s1. The Morgan fingerprint density at radius 2 is 1.13 bits per heavy atom. The molecule has 5 aliphatic heterocycles. The molecule has 412 valence electrons. The van der Waals surface area contributed by atoms with Crippen LogP contribution in [-0.2, 0) is 66.5 Å². The average Bonchev–Trinajstić information content (AvgIpc) is 3.34. The van der Waals surface area contributed by atoms with Crippen molar-refractivity contribution < 1.29 is 102 Å². The van der Waals surface area contributed by atoms with Gasteiger partial charge < -0.3 is 87.9 Å². The van der Waals surface area contributed by atoms with Crippen molar-refractivity contribution >= 4 is 17.9 Å². The molecule has 0 saturated carbocycles. The van der Waals surface area contributed by atoms with Crippen LogP contribution in [-0.4, -0.2) is 189 Å². The van der Waals surface area contributed by atoms with Crippen LogP contribution in [0.3, 0.4) is 0 Å². The number of esters is 3. The molecular formula is C50H86O21. The van der Waals surface area contributed by atoms with E-state index in [2.05, 4.69) is 6.92 Å². The average molecular weight is 1020 g/mol. The molecule has 0 unspecified atom stereocenters. The van der Waals surface area contributed by atoms with Crippen LogP contribution in [0.15, 0.2) is 0 Å². The van der Waals surface area contributed by atoms with Gasteiger partial charge in [0.25, 0.3) is 0 Å². The lowest BCUT2D eigenvalue weighted by molar-refractivity contribution is -0.399. The fourth-order valence-electron chi connectivity index (χ4n) is 9.50. The Kier molecular flexibility index (Phi) is 24.1. The van der Waals surface area contributed by atoms with Crippen LogP contribution in [0.25, 0.3) is 0 Å². The summed E-state index contributed by atoms with van der Waals surface area (Å²) >= 11 is 0. The maximum atomic E-state index is 13.9. The molecule has 21 heteroatoms. The van der Waals surface area contributed by atoms with E-state index in [-0.39, 0.29) is 12.5 Å². The van der Waals surface area contributed by atoms with Crippen molar-refractivity contribution in [1.29, 1.82) is 0 Å². The summed E-state index contributed by atoms with van der Waals surface area (Å²) in [6.07, 6.45) is -20.3. The van der Waals surface area contributed by atoms with Crippen LogP contribution in [0.2, 0.25) is 0 Å². The normalized spacial score (nSPS) is 42.4. The Balaban J connectivity index is 1.54. The Morgan fingerprint density at radius 3 is 1.75 bits per heavy atom. The topological polar surface area (TPSA) is 294 Å². The molecule has 2 bridgehead atoms. The number of aliphatic hydroxyl groups is 7. The molecule has 0 spiro atoms. The molecule has 0 aliphatic carbocycles. The fourth-order valence-corrected chi connectivity index (χ4v) is 9.50. The summed E-state index contributed by atoms with van der Waals surface area (Å²) < 4.78 is 68.4. The van der Waals surface area contributed by atoms with Crippen LogP contribution < -0.4 is 0 Å². The van der Waals surface area contributed by atoms with E-state index in [1.165, 1.54) is 13.8 Å². The van der Waals surface area contributed by atoms with Gasteiger partial charge in [0, 0.05) is 6.42 Å². The van der Waals surface area contributed by atoms with E-state index in [0.717, 1.165) is 51.4 Å². The zero-order valence-electron chi connectivity index (χ0n) is 42.9. The van der Waals surface area contributed by atoms with Crippen molar-refractivity contribution in [3.63, 3.8) is 0 Å². The molecule has 5 fully saturated rings. The highest BCUT2D eigenvalue weighted by Gasteiger charge is 2.58. The summed E-state index contributed by atoms with van der Waals surface area (Å²) in [5.41, 5.74) is 0. The second-order valence-electron chi connectivity index (χ2n) is 20.2. The van der Waals surface area contributed by atoms with Crippen molar-refractivity contribution in [2.45, 2.75) is 281 Å². The van der Waals surface area contributed by atoms with Gasteiger partial charge in [-0.15, -0.1) is 0 Å². The maximum Gasteiger partial charge on any atom is 0.309 e. The highest BCUT2D eigenvalue weighted by molar-refractivity contribution is 5.73. The molecule has 0 aromatic heterocycles. The van der Waals surface area contributed by atoms with E-state index >= 15 is 0 Å². The van der Waals surface area contributed by atoms with Crippen LogP contribution >= 0.6 is 0 Å². The minimum absolute atomic E-state index is 0.0361. The van der Waals surface area contributed by atoms with Crippen molar-refractivity contribution in [3.05, 3.63) is 0 Å². The van der Waals surface area contributed by atoms with Crippen LogP contribution in [0, 0.1) is 11.8 Å².